The summed E-state index contributed by atoms with van der Waals surface area (Å²) in [7, 11) is 0. The third kappa shape index (κ3) is 3.33. The van der Waals surface area contributed by atoms with Gasteiger partial charge in [0.05, 0.1) is 5.69 Å². The van der Waals surface area contributed by atoms with Crippen LogP contribution in [-0.4, -0.2) is 9.81 Å². The molecule has 0 aliphatic carbocycles. The second-order valence-electron chi connectivity index (χ2n) is 6.22. The monoisotopic (exact) mass is 369 g/mol. The zero-order valence-corrected chi connectivity index (χ0v) is 15.1. The smallest absolute Gasteiger partial charge is 0.259 e. The quantitative estimate of drug-likeness (QED) is 0.470. The fourth-order valence-corrected chi connectivity index (χ4v) is 3.19. The van der Waals surface area contributed by atoms with Crippen LogP contribution in [0.15, 0.2) is 59.4 Å². The topological polar surface area (TPSA) is 39.1 Å². The molecule has 0 amide bonds. The van der Waals surface area contributed by atoms with Gasteiger partial charge in [0.1, 0.15) is 5.82 Å². The Morgan fingerprint density at radius 3 is 2.27 bits per heavy atom. The Hall–Kier alpha value is -2.72. The average Bonchev–Trinajstić information content (AvgIpc) is 2.61. The third-order valence-electron chi connectivity index (χ3n) is 4.18. The highest BCUT2D eigenvalue weighted by atomic mass is 35.5. The average molecular weight is 370 g/mol. The van der Waals surface area contributed by atoms with Crippen molar-refractivity contribution in [2.24, 2.45) is 0 Å². The maximum atomic E-state index is 13.4. The molecule has 26 heavy (non-hydrogen) atoms. The molecule has 0 bridgehead atoms. The molecular formula is C21H17ClFNO2. The Balaban J connectivity index is 2.51. The summed E-state index contributed by atoms with van der Waals surface area (Å²) in [5.74, 6) is -0.344. The van der Waals surface area contributed by atoms with Gasteiger partial charge in [-0.2, -0.15) is 0 Å². The molecule has 0 saturated heterocycles. The van der Waals surface area contributed by atoms with E-state index in [0.29, 0.717) is 11.1 Å². The molecule has 3 aromatic rings. The number of aromatic nitrogens is 1. The molecule has 0 aliphatic heterocycles. The van der Waals surface area contributed by atoms with E-state index in [0.717, 1.165) is 16.5 Å². The third-order valence-corrected chi connectivity index (χ3v) is 4.31. The molecule has 3 nitrogen and oxygen atoms in total. The van der Waals surface area contributed by atoms with Crippen LogP contribution in [0.25, 0.3) is 28.0 Å². The van der Waals surface area contributed by atoms with E-state index < -0.39 is 5.24 Å². The van der Waals surface area contributed by atoms with Crippen LogP contribution < -0.4 is 5.56 Å². The number of nitrogens with zero attached hydrogens (tertiary/aromatic N) is 1. The number of carbonyl (C=O) groups is 1. The van der Waals surface area contributed by atoms with Crippen LogP contribution in [0.3, 0.4) is 0 Å². The lowest BCUT2D eigenvalue weighted by Gasteiger charge is -2.20. The second kappa shape index (κ2) is 7.26. The maximum Gasteiger partial charge on any atom is 0.259 e. The van der Waals surface area contributed by atoms with Gasteiger partial charge in [-0.1, -0.05) is 30.3 Å². The van der Waals surface area contributed by atoms with Gasteiger partial charge in [0, 0.05) is 17.0 Å². The zero-order chi connectivity index (χ0) is 18.8. The number of fused-ring (bicyclic) bond motifs is 1. The Morgan fingerprint density at radius 1 is 1.08 bits per heavy atom. The van der Waals surface area contributed by atoms with Crippen LogP contribution in [0, 0.1) is 5.82 Å². The lowest BCUT2D eigenvalue weighted by atomic mass is 9.96. The van der Waals surface area contributed by atoms with Gasteiger partial charge < -0.3 is 4.57 Å². The Labute approximate surface area is 155 Å². The number of allylic oxidation sites excluding steroid dienone is 1. The molecule has 5 heteroatoms. The van der Waals surface area contributed by atoms with Crippen molar-refractivity contribution in [2.75, 3.05) is 0 Å². The van der Waals surface area contributed by atoms with Crippen molar-refractivity contribution in [1.82, 2.24) is 4.57 Å². The normalized spacial score (nSPS) is 11.6. The molecule has 1 heterocycles. The number of halogens is 2. The van der Waals surface area contributed by atoms with Gasteiger partial charge in [-0.05, 0) is 66.7 Å². The van der Waals surface area contributed by atoms with Crippen LogP contribution in [0.2, 0.25) is 0 Å². The lowest BCUT2D eigenvalue weighted by molar-refractivity contribution is -0.107. The number of hydrogen-bond donors (Lipinski definition) is 0. The number of hydrogen-bond acceptors (Lipinski definition) is 2. The van der Waals surface area contributed by atoms with Crippen LogP contribution in [0.4, 0.5) is 4.39 Å². The first-order valence-electron chi connectivity index (χ1n) is 8.21. The number of benzene rings is 2. The first-order chi connectivity index (χ1) is 12.4. The summed E-state index contributed by atoms with van der Waals surface area (Å²) in [6.07, 6.45) is 2.76. The highest BCUT2D eigenvalue weighted by Gasteiger charge is 2.18. The van der Waals surface area contributed by atoms with Crippen LogP contribution in [0.1, 0.15) is 25.6 Å². The van der Waals surface area contributed by atoms with Crippen molar-refractivity contribution < 1.29 is 9.18 Å². The predicted molar refractivity (Wildman–Crippen MR) is 104 cm³/mol. The fraction of sp³-hybridized carbons (Fsp3) is 0.143. The van der Waals surface area contributed by atoms with E-state index in [1.165, 1.54) is 18.2 Å². The molecular weight excluding hydrogens is 353 g/mol. The Kier molecular flexibility index (Phi) is 5.05. The van der Waals surface area contributed by atoms with Crippen molar-refractivity contribution >= 4 is 33.7 Å². The summed E-state index contributed by atoms with van der Waals surface area (Å²) < 4.78 is 15.0. The second-order valence-corrected chi connectivity index (χ2v) is 6.59. The highest BCUT2D eigenvalue weighted by molar-refractivity contribution is 6.66. The summed E-state index contributed by atoms with van der Waals surface area (Å²) >= 11 is 5.47. The molecule has 0 fully saturated rings. The van der Waals surface area contributed by atoms with Crippen molar-refractivity contribution in [2.45, 2.75) is 19.9 Å². The molecule has 132 valence electrons. The molecule has 0 unspecified atom stereocenters. The number of pyridine rings is 1. The Bertz CT molecular complexity index is 1070. The van der Waals surface area contributed by atoms with E-state index in [2.05, 4.69) is 0 Å². The van der Waals surface area contributed by atoms with Crippen LogP contribution in [0.5, 0.6) is 0 Å². The minimum absolute atomic E-state index is 0.142. The molecule has 0 radical (unpaired) electrons. The first-order valence-corrected chi connectivity index (χ1v) is 8.58. The summed E-state index contributed by atoms with van der Waals surface area (Å²) in [6.45, 7) is 3.79. The Morgan fingerprint density at radius 2 is 1.69 bits per heavy atom. The van der Waals surface area contributed by atoms with Crippen LogP contribution >= 0.6 is 11.6 Å². The fourth-order valence-electron chi connectivity index (χ4n) is 3.13. The van der Waals surface area contributed by atoms with Crippen molar-refractivity contribution in [3.8, 4) is 11.1 Å². The summed E-state index contributed by atoms with van der Waals surface area (Å²) in [5, 5.41) is 0.670. The van der Waals surface area contributed by atoms with Gasteiger partial charge in [-0.3, -0.25) is 9.59 Å². The van der Waals surface area contributed by atoms with E-state index in [9.17, 15) is 14.0 Å². The molecule has 0 spiro atoms. The van der Waals surface area contributed by atoms with Gasteiger partial charge in [-0.25, -0.2) is 4.39 Å². The van der Waals surface area contributed by atoms with Gasteiger partial charge in [0.25, 0.3) is 5.56 Å². The van der Waals surface area contributed by atoms with Gasteiger partial charge in [0.2, 0.25) is 5.24 Å². The minimum Gasteiger partial charge on any atom is -0.305 e. The molecule has 0 saturated carbocycles. The lowest BCUT2D eigenvalue weighted by Crippen LogP contribution is -2.25. The van der Waals surface area contributed by atoms with Crippen molar-refractivity contribution in [3.05, 3.63) is 76.5 Å². The summed E-state index contributed by atoms with van der Waals surface area (Å²) in [4.78, 5) is 24.3. The molecule has 1 aromatic heterocycles. The molecule has 0 N–H and O–H groups in total. The largest absolute Gasteiger partial charge is 0.305 e. The van der Waals surface area contributed by atoms with E-state index in [1.807, 2.05) is 26.0 Å². The van der Waals surface area contributed by atoms with E-state index in [1.54, 1.807) is 34.9 Å². The van der Waals surface area contributed by atoms with Crippen LogP contribution in [-0.2, 0) is 4.79 Å². The van der Waals surface area contributed by atoms with E-state index >= 15 is 0 Å². The zero-order valence-electron chi connectivity index (χ0n) is 14.4. The van der Waals surface area contributed by atoms with Crippen molar-refractivity contribution in [1.29, 1.82) is 0 Å². The predicted octanol–water partition coefficient (Wildman–Crippen LogP) is 5.17. The standard InChI is InChI=1S/C21H17ClFNO2/c1-13(2)24-18(11-12-19(22)25)20(14-7-9-15(23)10-8-14)16-5-3-4-6-17(16)21(24)26/h3-13H,1-2H3. The minimum atomic E-state index is -0.633. The number of rotatable bonds is 4. The summed E-state index contributed by atoms with van der Waals surface area (Å²) in [6, 6.07) is 13.2. The van der Waals surface area contributed by atoms with Gasteiger partial charge in [0.15, 0.2) is 0 Å². The van der Waals surface area contributed by atoms with E-state index in [4.69, 9.17) is 11.6 Å². The molecule has 0 aliphatic rings. The SMILES string of the molecule is CC(C)n1c(C=CC(=O)Cl)c(-c2ccc(F)cc2)c2ccccc2c1=O. The summed E-state index contributed by atoms with van der Waals surface area (Å²) in [5.41, 5.74) is 1.91. The number of carbonyl (C=O) groups excluding carboxylic acids is 1. The molecule has 2 aromatic carbocycles. The van der Waals surface area contributed by atoms with Gasteiger partial charge >= 0.3 is 0 Å². The first kappa shape index (κ1) is 18.1. The van der Waals surface area contributed by atoms with Gasteiger partial charge in [-0.15, -0.1) is 0 Å². The van der Waals surface area contributed by atoms with Crippen molar-refractivity contribution in [3.63, 3.8) is 0 Å². The molecule has 0 atom stereocenters. The maximum absolute atomic E-state index is 13.4. The highest BCUT2D eigenvalue weighted by Crippen LogP contribution is 2.32. The molecule has 3 rings (SSSR count). The van der Waals surface area contributed by atoms with E-state index in [-0.39, 0.29) is 17.4 Å².